The summed E-state index contributed by atoms with van der Waals surface area (Å²) in [6, 6.07) is 13.5. The number of ether oxygens (including phenoxy) is 1. The fourth-order valence-corrected chi connectivity index (χ4v) is 3.58. The minimum atomic E-state index is -1.13. The van der Waals surface area contributed by atoms with Crippen LogP contribution in [0.2, 0.25) is 0 Å². The Hall–Kier alpha value is -2.47. The summed E-state index contributed by atoms with van der Waals surface area (Å²) < 4.78 is 7.57. The Kier molecular flexibility index (Phi) is 5.28. The summed E-state index contributed by atoms with van der Waals surface area (Å²) in [4.78, 5) is 15.6. The van der Waals surface area contributed by atoms with E-state index in [9.17, 15) is 9.90 Å². The highest BCUT2D eigenvalue weighted by Gasteiger charge is 2.11. The molecule has 25 heavy (non-hydrogen) atoms. The topological polar surface area (TPSA) is 67.2 Å². The zero-order valence-electron chi connectivity index (χ0n) is 14.2. The van der Waals surface area contributed by atoms with Crippen molar-refractivity contribution in [2.75, 3.05) is 12.4 Å². The van der Waals surface area contributed by atoms with Crippen LogP contribution in [0.5, 0.6) is 5.75 Å². The number of hydrogen-bond donors (Lipinski definition) is 0. The van der Waals surface area contributed by atoms with E-state index in [1.54, 1.807) is 4.57 Å². The molecule has 0 bridgehead atoms. The molecule has 3 aromatic rings. The molecule has 0 saturated carbocycles. The van der Waals surface area contributed by atoms with E-state index in [1.165, 1.54) is 11.8 Å². The maximum Gasteiger partial charge on any atom is 0.169 e. The molecule has 0 saturated heterocycles. The number of rotatable bonds is 7. The number of aliphatic carboxylic acids is 1. The number of nitrogens with zero attached hydrogens (tertiary/aromatic N) is 2. The number of carboxylic acids is 1. The Bertz CT molecular complexity index is 885. The van der Waals surface area contributed by atoms with Crippen LogP contribution in [0.3, 0.4) is 0 Å². The average molecular weight is 355 g/mol. The maximum absolute atomic E-state index is 11.1. The highest BCUT2D eigenvalue weighted by molar-refractivity contribution is 7.99. The summed E-state index contributed by atoms with van der Waals surface area (Å²) in [7, 11) is 0. The quantitative estimate of drug-likeness (QED) is 0.481. The molecule has 0 atom stereocenters. The van der Waals surface area contributed by atoms with Crippen LogP contribution < -0.4 is 9.84 Å². The van der Waals surface area contributed by atoms with Crippen LogP contribution in [-0.4, -0.2) is 27.9 Å². The largest absolute Gasteiger partial charge is 0.548 e. The van der Waals surface area contributed by atoms with Gasteiger partial charge >= 0.3 is 0 Å². The summed E-state index contributed by atoms with van der Waals surface area (Å²) in [5.41, 5.74) is 3.79. The van der Waals surface area contributed by atoms with Gasteiger partial charge in [0.25, 0.3) is 0 Å². The number of para-hydroxylation sites is 3. The zero-order valence-corrected chi connectivity index (χ0v) is 15.0. The lowest BCUT2D eigenvalue weighted by Crippen LogP contribution is -2.27. The molecule has 0 aliphatic heterocycles. The minimum Gasteiger partial charge on any atom is -0.548 e. The summed E-state index contributed by atoms with van der Waals surface area (Å²) in [5, 5.41) is 11.7. The lowest BCUT2D eigenvalue weighted by Gasteiger charge is -2.12. The predicted octanol–water partition coefficient (Wildman–Crippen LogP) is 2.57. The van der Waals surface area contributed by atoms with E-state index in [0.29, 0.717) is 17.5 Å². The van der Waals surface area contributed by atoms with E-state index in [2.05, 4.69) is 4.98 Å². The van der Waals surface area contributed by atoms with Crippen LogP contribution in [0.15, 0.2) is 47.6 Å². The SMILES string of the molecule is Cc1cccc(C)c1OCCSc1nc2ccccc2n1CC(=O)[O-]. The van der Waals surface area contributed by atoms with E-state index >= 15 is 0 Å². The van der Waals surface area contributed by atoms with Gasteiger partial charge in [-0.25, -0.2) is 4.98 Å². The molecular formula is C19H19N2O3S-. The number of hydrogen-bond acceptors (Lipinski definition) is 5. The van der Waals surface area contributed by atoms with Gasteiger partial charge in [-0.05, 0) is 37.1 Å². The number of carboxylic acid groups (broad SMARTS) is 1. The van der Waals surface area contributed by atoms with Crippen LogP contribution in [0.25, 0.3) is 11.0 Å². The molecule has 1 aromatic heterocycles. The Balaban J connectivity index is 1.70. The third-order valence-corrected chi connectivity index (χ3v) is 4.82. The monoisotopic (exact) mass is 355 g/mol. The predicted molar refractivity (Wildman–Crippen MR) is 96.9 cm³/mol. The lowest BCUT2D eigenvalue weighted by molar-refractivity contribution is -0.306. The number of benzene rings is 2. The number of imidazole rings is 1. The van der Waals surface area contributed by atoms with Gasteiger partial charge in [-0.3, -0.25) is 0 Å². The van der Waals surface area contributed by atoms with Crippen LogP contribution in [0.1, 0.15) is 11.1 Å². The molecule has 130 valence electrons. The van der Waals surface area contributed by atoms with Crippen LogP contribution in [0, 0.1) is 13.8 Å². The van der Waals surface area contributed by atoms with Crippen molar-refractivity contribution in [3.8, 4) is 5.75 Å². The summed E-state index contributed by atoms with van der Waals surface area (Å²) in [5.74, 6) is 0.451. The molecule has 0 radical (unpaired) electrons. The van der Waals surface area contributed by atoms with Crippen molar-refractivity contribution >= 4 is 28.8 Å². The van der Waals surface area contributed by atoms with Gasteiger partial charge in [0.15, 0.2) is 5.16 Å². The molecular weight excluding hydrogens is 336 g/mol. The number of thioether (sulfide) groups is 1. The third-order valence-electron chi connectivity index (χ3n) is 3.88. The van der Waals surface area contributed by atoms with Crippen LogP contribution in [0.4, 0.5) is 0 Å². The first kappa shape index (κ1) is 17.4. The molecule has 0 N–H and O–H groups in total. The summed E-state index contributed by atoms with van der Waals surface area (Å²) in [6.45, 7) is 4.36. The Morgan fingerprint density at radius 3 is 2.60 bits per heavy atom. The molecule has 5 nitrogen and oxygen atoms in total. The second-order valence-electron chi connectivity index (χ2n) is 5.76. The number of aryl methyl sites for hydroxylation is 2. The molecule has 0 unspecified atom stereocenters. The smallest absolute Gasteiger partial charge is 0.169 e. The molecule has 0 spiro atoms. The number of carbonyl (C=O) groups is 1. The maximum atomic E-state index is 11.1. The average Bonchev–Trinajstić information content (AvgIpc) is 2.91. The summed E-state index contributed by atoms with van der Waals surface area (Å²) in [6.07, 6.45) is 0. The van der Waals surface area contributed by atoms with Crippen molar-refractivity contribution in [2.45, 2.75) is 25.5 Å². The van der Waals surface area contributed by atoms with E-state index in [4.69, 9.17) is 4.74 Å². The first-order valence-electron chi connectivity index (χ1n) is 8.03. The van der Waals surface area contributed by atoms with Crippen molar-refractivity contribution in [3.05, 3.63) is 53.6 Å². The van der Waals surface area contributed by atoms with Gasteiger partial charge in [0.05, 0.1) is 30.2 Å². The molecule has 2 aromatic carbocycles. The standard InChI is InChI=1S/C19H20N2O3S/c1-13-6-5-7-14(2)18(13)24-10-11-25-19-20-15-8-3-4-9-16(15)21(19)12-17(22)23/h3-9H,10-12H2,1-2H3,(H,22,23)/p-1. The molecule has 6 heteroatoms. The third kappa shape index (κ3) is 3.96. The highest BCUT2D eigenvalue weighted by Crippen LogP contribution is 2.25. The number of carbonyl (C=O) groups excluding carboxylic acids is 1. The van der Waals surface area contributed by atoms with Gasteiger partial charge < -0.3 is 19.2 Å². The number of aromatic nitrogens is 2. The van der Waals surface area contributed by atoms with Crippen molar-refractivity contribution in [1.29, 1.82) is 0 Å². The minimum absolute atomic E-state index is 0.208. The Labute approximate surface area is 150 Å². The highest BCUT2D eigenvalue weighted by atomic mass is 32.2. The second-order valence-corrected chi connectivity index (χ2v) is 6.82. The van der Waals surface area contributed by atoms with Crippen molar-refractivity contribution in [3.63, 3.8) is 0 Å². The van der Waals surface area contributed by atoms with Crippen LogP contribution >= 0.6 is 11.8 Å². The molecule has 0 fully saturated rings. The van der Waals surface area contributed by atoms with E-state index < -0.39 is 5.97 Å². The lowest BCUT2D eigenvalue weighted by atomic mass is 10.1. The van der Waals surface area contributed by atoms with Gasteiger partial charge in [-0.1, -0.05) is 42.1 Å². The zero-order chi connectivity index (χ0) is 17.8. The molecule has 0 amide bonds. The fourth-order valence-electron chi connectivity index (χ4n) is 2.75. The van der Waals surface area contributed by atoms with Crippen molar-refractivity contribution < 1.29 is 14.6 Å². The van der Waals surface area contributed by atoms with Crippen LogP contribution in [-0.2, 0) is 11.3 Å². The van der Waals surface area contributed by atoms with Crippen molar-refractivity contribution in [1.82, 2.24) is 9.55 Å². The second kappa shape index (κ2) is 7.61. The summed E-state index contributed by atoms with van der Waals surface area (Å²) >= 11 is 1.48. The van der Waals surface area contributed by atoms with Crippen molar-refractivity contribution in [2.24, 2.45) is 0 Å². The first-order valence-corrected chi connectivity index (χ1v) is 9.02. The van der Waals surface area contributed by atoms with Gasteiger partial charge in [0.2, 0.25) is 0 Å². The van der Waals surface area contributed by atoms with E-state index in [1.807, 2.05) is 56.3 Å². The van der Waals surface area contributed by atoms with Gasteiger partial charge in [0.1, 0.15) is 5.75 Å². The molecule has 0 aliphatic carbocycles. The molecule has 0 aliphatic rings. The van der Waals surface area contributed by atoms with Gasteiger partial charge in [-0.2, -0.15) is 0 Å². The molecule has 1 heterocycles. The number of fused-ring (bicyclic) bond motifs is 1. The van der Waals surface area contributed by atoms with E-state index in [-0.39, 0.29) is 6.54 Å². The fraction of sp³-hybridized carbons (Fsp3) is 0.263. The Morgan fingerprint density at radius 2 is 1.88 bits per heavy atom. The first-order chi connectivity index (χ1) is 12.1. The molecule has 3 rings (SSSR count). The normalized spacial score (nSPS) is 11.0. The Morgan fingerprint density at radius 1 is 1.16 bits per heavy atom. The van der Waals surface area contributed by atoms with Gasteiger partial charge in [-0.15, -0.1) is 0 Å². The van der Waals surface area contributed by atoms with E-state index in [0.717, 1.165) is 27.9 Å². The van der Waals surface area contributed by atoms with Gasteiger partial charge in [0, 0.05) is 5.75 Å².